The summed E-state index contributed by atoms with van der Waals surface area (Å²) in [5.41, 5.74) is -3.87. The number of nitrogens with zero attached hydrogens (tertiary/aromatic N) is 1. The summed E-state index contributed by atoms with van der Waals surface area (Å²) >= 11 is -0.904. The van der Waals surface area contributed by atoms with Crippen molar-refractivity contribution in [2.24, 2.45) is 0 Å². The lowest BCUT2D eigenvalue weighted by Crippen LogP contribution is -2.39. The predicted octanol–water partition coefficient (Wildman–Crippen LogP) is 5.86. The molecule has 1 aliphatic rings. The van der Waals surface area contributed by atoms with Crippen LogP contribution in [-0.4, -0.2) is 22.4 Å². The maximum absolute atomic E-state index is 12.6. The van der Waals surface area contributed by atoms with Gasteiger partial charge in [0.2, 0.25) is 0 Å². The van der Waals surface area contributed by atoms with Crippen molar-refractivity contribution in [3.8, 4) is 11.8 Å². The van der Waals surface area contributed by atoms with Gasteiger partial charge in [0.05, 0.1) is 11.1 Å². The number of rotatable bonds is 6. The summed E-state index contributed by atoms with van der Waals surface area (Å²) < 4.78 is 41.7. The van der Waals surface area contributed by atoms with Gasteiger partial charge in [-0.15, -0.1) is 5.06 Å². The molecule has 0 atom stereocenters. The molecule has 0 aromatic heterocycles. The van der Waals surface area contributed by atoms with E-state index in [0.717, 1.165) is 32.1 Å². The first-order chi connectivity index (χ1) is 13.8. The summed E-state index contributed by atoms with van der Waals surface area (Å²) in [4.78, 5) is 25.1. The van der Waals surface area contributed by atoms with Gasteiger partial charge in [0.15, 0.2) is 0 Å². The van der Waals surface area contributed by atoms with Gasteiger partial charge in [-0.2, -0.15) is 17.5 Å². The number of carbonyl (C=O) groups is 2. The minimum Gasteiger partial charge on any atom is -0.266 e. The second kappa shape index (κ2) is 8.89. The van der Waals surface area contributed by atoms with E-state index in [-0.39, 0.29) is 16.2 Å². The molecule has 0 radical (unpaired) electrons. The molecule has 2 aromatic rings. The van der Waals surface area contributed by atoms with Gasteiger partial charge in [-0.05, 0) is 30.0 Å². The minimum atomic E-state index is -4.75. The van der Waals surface area contributed by atoms with Crippen LogP contribution in [0.4, 0.5) is 13.2 Å². The molecule has 0 N–H and O–H groups in total. The molecule has 1 heterocycles. The number of benzene rings is 2. The van der Waals surface area contributed by atoms with Crippen molar-refractivity contribution in [2.45, 2.75) is 44.5 Å². The molecule has 8 heteroatoms. The van der Waals surface area contributed by atoms with E-state index in [2.05, 4.69) is 23.0 Å². The number of hydrogen-bond acceptors (Lipinski definition) is 4. The molecule has 0 fully saturated rings. The van der Waals surface area contributed by atoms with Crippen molar-refractivity contribution in [2.75, 3.05) is 0 Å². The van der Waals surface area contributed by atoms with Gasteiger partial charge < -0.3 is 0 Å². The molecule has 0 unspecified atom stereocenters. The van der Waals surface area contributed by atoms with Crippen molar-refractivity contribution in [3.05, 3.63) is 47.0 Å². The molecule has 2 aromatic carbocycles. The lowest BCUT2D eigenvalue weighted by atomic mass is 9.92. The van der Waals surface area contributed by atoms with Crippen LogP contribution in [0.1, 0.15) is 65.3 Å². The molecule has 0 bridgehead atoms. The number of hydroxylamine groups is 2. The molecule has 4 nitrogen and oxygen atoms in total. The molecule has 152 valence electrons. The zero-order valence-corrected chi connectivity index (χ0v) is 16.5. The van der Waals surface area contributed by atoms with Crippen molar-refractivity contribution in [3.63, 3.8) is 0 Å². The normalized spacial score (nSPS) is 13.6. The van der Waals surface area contributed by atoms with Gasteiger partial charge in [0, 0.05) is 17.4 Å². The Morgan fingerprint density at radius 2 is 1.76 bits per heavy atom. The van der Waals surface area contributed by atoms with E-state index in [1.54, 1.807) is 18.2 Å². The number of hydrogen-bond donors (Lipinski definition) is 0. The maximum atomic E-state index is 12.6. The number of imide groups is 1. The summed E-state index contributed by atoms with van der Waals surface area (Å²) in [7, 11) is 0. The standard InChI is InChI=1S/C21H18F3NO3S/c1-2-3-4-5-6-7-9-14-12-13-17-18-15(14)10-8-11-16(18)19(26)25(20(17)27)28-29-21(22,23)24/h8,10-13H,2-6H2,1H3. The first kappa shape index (κ1) is 21.2. The molecule has 3 rings (SSSR count). The monoisotopic (exact) mass is 421 g/mol. The van der Waals surface area contributed by atoms with E-state index < -0.39 is 29.4 Å². The maximum Gasteiger partial charge on any atom is 0.470 e. The summed E-state index contributed by atoms with van der Waals surface area (Å²) in [5.74, 6) is 4.32. The van der Waals surface area contributed by atoms with Crippen LogP contribution in [0.25, 0.3) is 10.8 Å². The molecule has 0 spiro atoms. The molecule has 0 aliphatic carbocycles. The van der Waals surface area contributed by atoms with Crippen molar-refractivity contribution in [1.29, 1.82) is 0 Å². The largest absolute Gasteiger partial charge is 0.470 e. The smallest absolute Gasteiger partial charge is 0.266 e. The predicted molar refractivity (Wildman–Crippen MR) is 105 cm³/mol. The molecular formula is C21H18F3NO3S. The minimum absolute atomic E-state index is 0.103. The Labute approximate surface area is 170 Å². The number of halogens is 3. The number of unbranched alkanes of at least 4 members (excludes halogenated alkanes) is 4. The van der Waals surface area contributed by atoms with E-state index in [1.807, 2.05) is 0 Å². The van der Waals surface area contributed by atoms with Gasteiger partial charge in [0.1, 0.15) is 12.0 Å². The van der Waals surface area contributed by atoms with E-state index in [4.69, 9.17) is 0 Å². The van der Waals surface area contributed by atoms with Crippen LogP contribution < -0.4 is 0 Å². The SMILES string of the molecule is CCCCCCC#Cc1ccc2c3c(cccc13)C(=O)N(OSC(F)(F)F)C2=O. The topological polar surface area (TPSA) is 46.6 Å². The first-order valence-corrected chi connectivity index (χ1v) is 9.93. The van der Waals surface area contributed by atoms with E-state index in [9.17, 15) is 22.8 Å². The molecule has 0 saturated carbocycles. The van der Waals surface area contributed by atoms with Crippen LogP contribution >= 0.6 is 12.0 Å². The van der Waals surface area contributed by atoms with E-state index >= 15 is 0 Å². The number of amides is 2. The Morgan fingerprint density at radius 3 is 2.45 bits per heavy atom. The lowest BCUT2D eigenvalue weighted by molar-refractivity contribution is -0.0570. The quantitative estimate of drug-likeness (QED) is 0.254. The Morgan fingerprint density at radius 1 is 1.03 bits per heavy atom. The van der Waals surface area contributed by atoms with E-state index in [1.165, 1.54) is 12.1 Å². The summed E-state index contributed by atoms with van der Waals surface area (Å²) in [6.07, 6.45) is 5.17. The summed E-state index contributed by atoms with van der Waals surface area (Å²) in [6.45, 7) is 2.14. The zero-order valence-electron chi connectivity index (χ0n) is 15.6. The third kappa shape index (κ3) is 4.74. The fraction of sp³-hybridized carbons (Fsp3) is 0.333. The number of carbonyl (C=O) groups excluding carboxylic acids is 2. The van der Waals surface area contributed by atoms with Crippen LogP contribution in [-0.2, 0) is 4.28 Å². The second-order valence-corrected chi connectivity index (χ2v) is 7.29. The van der Waals surface area contributed by atoms with Gasteiger partial charge in [-0.1, -0.05) is 50.2 Å². The molecule has 1 aliphatic heterocycles. The molecular weight excluding hydrogens is 403 g/mol. The van der Waals surface area contributed by atoms with Gasteiger partial charge >= 0.3 is 5.51 Å². The van der Waals surface area contributed by atoms with Crippen LogP contribution in [0, 0.1) is 11.8 Å². The second-order valence-electron chi connectivity index (χ2n) is 6.51. The van der Waals surface area contributed by atoms with Crippen molar-refractivity contribution >= 4 is 34.6 Å². The lowest BCUT2D eigenvalue weighted by Gasteiger charge is -2.25. The highest BCUT2D eigenvalue weighted by atomic mass is 32.2. The third-order valence-electron chi connectivity index (χ3n) is 4.46. The van der Waals surface area contributed by atoms with Crippen molar-refractivity contribution < 1.29 is 27.0 Å². The first-order valence-electron chi connectivity index (χ1n) is 9.19. The number of alkyl halides is 3. The Bertz CT molecular complexity index is 986. The Balaban J connectivity index is 1.92. The molecule has 2 amide bonds. The third-order valence-corrected chi connectivity index (χ3v) is 4.87. The highest BCUT2D eigenvalue weighted by Crippen LogP contribution is 2.36. The fourth-order valence-corrected chi connectivity index (χ4v) is 3.42. The zero-order chi connectivity index (χ0) is 21.0. The van der Waals surface area contributed by atoms with Gasteiger partial charge in [-0.25, -0.2) is 0 Å². The average Bonchev–Trinajstić information content (AvgIpc) is 2.68. The molecule has 29 heavy (non-hydrogen) atoms. The summed E-state index contributed by atoms with van der Waals surface area (Å²) in [5, 5.41) is 1.15. The average molecular weight is 421 g/mol. The fourth-order valence-electron chi connectivity index (χ4n) is 3.13. The van der Waals surface area contributed by atoms with Crippen LogP contribution in [0.5, 0.6) is 0 Å². The van der Waals surface area contributed by atoms with Crippen LogP contribution in [0.15, 0.2) is 30.3 Å². The van der Waals surface area contributed by atoms with Crippen molar-refractivity contribution in [1.82, 2.24) is 5.06 Å². The highest BCUT2D eigenvalue weighted by molar-refractivity contribution is 7.95. The van der Waals surface area contributed by atoms with Crippen LogP contribution in [0.3, 0.4) is 0 Å². The van der Waals surface area contributed by atoms with Gasteiger partial charge in [0.25, 0.3) is 11.8 Å². The summed E-state index contributed by atoms with van der Waals surface area (Å²) in [6, 6.07) is 7.92. The Kier molecular flexibility index (Phi) is 6.50. The van der Waals surface area contributed by atoms with Crippen LogP contribution in [0.2, 0.25) is 0 Å². The van der Waals surface area contributed by atoms with E-state index in [0.29, 0.717) is 16.3 Å². The van der Waals surface area contributed by atoms with Gasteiger partial charge in [-0.3, -0.25) is 9.59 Å². The highest BCUT2D eigenvalue weighted by Gasteiger charge is 2.39. The Hall–Kier alpha value is -2.50. The molecule has 0 saturated heterocycles.